The molecule has 0 bridgehead atoms. The normalized spacial score (nSPS) is 25.5. The third kappa shape index (κ3) is 4.30. The summed E-state index contributed by atoms with van der Waals surface area (Å²) in [7, 11) is 0. The van der Waals surface area contributed by atoms with Crippen molar-refractivity contribution < 1.29 is 9.47 Å². The van der Waals surface area contributed by atoms with E-state index in [-0.39, 0.29) is 0 Å². The molecule has 7 rings (SSSR count). The highest BCUT2D eigenvalue weighted by molar-refractivity contribution is 7.19. The van der Waals surface area contributed by atoms with Gasteiger partial charge in [0.1, 0.15) is 10.6 Å². The van der Waals surface area contributed by atoms with Crippen LogP contribution in [-0.4, -0.2) is 76.2 Å². The van der Waals surface area contributed by atoms with Crippen LogP contribution in [0.25, 0.3) is 10.2 Å². The number of hydrogen-bond donors (Lipinski definition) is 2. The van der Waals surface area contributed by atoms with E-state index in [0.29, 0.717) is 24.1 Å². The van der Waals surface area contributed by atoms with Gasteiger partial charge in [0.2, 0.25) is 5.95 Å². The summed E-state index contributed by atoms with van der Waals surface area (Å²) in [6.07, 6.45) is 12.3. The van der Waals surface area contributed by atoms with Crippen LogP contribution in [0.1, 0.15) is 48.6 Å². The van der Waals surface area contributed by atoms with Crippen molar-refractivity contribution in [3.8, 4) is 0 Å². The number of fused-ring (bicyclic) bond motifs is 3. The lowest BCUT2D eigenvalue weighted by molar-refractivity contribution is -0.0286. The molecule has 2 saturated heterocycles. The first kappa shape index (κ1) is 22.0. The first-order valence-corrected chi connectivity index (χ1v) is 13.9. The van der Waals surface area contributed by atoms with Crippen LogP contribution in [-0.2, 0) is 22.3 Å². The second-order valence-corrected chi connectivity index (χ2v) is 11.3. The molecule has 186 valence electrons. The van der Waals surface area contributed by atoms with Gasteiger partial charge in [0.25, 0.3) is 0 Å². The minimum absolute atomic E-state index is 0.332. The molecule has 2 aliphatic heterocycles. The summed E-state index contributed by atoms with van der Waals surface area (Å²) in [5.41, 5.74) is 2.39. The molecule has 2 N–H and O–H groups in total. The Morgan fingerprint density at radius 1 is 0.971 bits per heavy atom. The van der Waals surface area contributed by atoms with Crippen LogP contribution in [0.5, 0.6) is 0 Å². The van der Waals surface area contributed by atoms with E-state index >= 15 is 0 Å². The molecule has 0 amide bonds. The molecular formula is C25H33N7O2S. The number of nitrogens with one attached hydrogen (secondary N) is 2. The highest BCUT2D eigenvalue weighted by Gasteiger charge is 2.29. The van der Waals surface area contributed by atoms with E-state index in [4.69, 9.17) is 19.4 Å². The van der Waals surface area contributed by atoms with Crippen LogP contribution < -0.4 is 10.6 Å². The van der Waals surface area contributed by atoms with Gasteiger partial charge in [-0.15, -0.1) is 11.3 Å². The Kier molecular flexibility index (Phi) is 5.84. The van der Waals surface area contributed by atoms with Crippen molar-refractivity contribution >= 4 is 39.0 Å². The molecule has 35 heavy (non-hydrogen) atoms. The molecule has 1 saturated carbocycles. The molecule has 0 spiro atoms. The maximum Gasteiger partial charge on any atom is 0.230 e. The van der Waals surface area contributed by atoms with E-state index in [0.717, 1.165) is 62.3 Å². The zero-order chi connectivity index (χ0) is 23.2. The van der Waals surface area contributed by atoms with Gasteiger partial charge in [-0.25, -0.2) is 4.98 Å². The lowest BCUT2D eigenvalue weighted by Crippen LogP contribution is -2.46. The van der Waals surface area contributed by atoms with Gasteiger partial charge in [-0.1, -0.05) is 0 Å². The molecule has 0 aromatic carbocycles. The summed E-state index contributed by atoms with van der Waals surface area (Å²) in [6, 6.07) is 1.48. The first-order valence-electron chi connectivity index (χ1n) is 13.1. The van der Waals surface area contributed by atoms with E-state index in [1.165, 1.54) is 54.4 Å². The molecule has 5 heterocycles. The predicted octanol–water partition coefficient (Wildman–Crippen LogP) is 3.75. The third-order valence-electron chi connectivity index (χ3n) is 8.02. The SMILES string of the molecule is c1nn(C2COC2)cc1Nc1nc(NC2CCC(N3CCOCC3)CC2)c2c3c(sc2n1)CCC3. The Morgan fingerprint density at radius 3 is 2.63 bits per heavy atom. The van der Waals surface area contributed by atoms with Crippen LogP contribution >= 0.6 is 11.3 Å². The van der Waals surface area contributed by atoms with Gasteiger partial charge in [0.15, 0.2) is 0 Å². The van der Waals surface area contributed by atoms with E-state index in [1.54, 1.807) is 0 Å². The van der Waals surface area contributed by atoms with E-state index in [2.05, 4.69) is 20.6 Å². The standard InChI is InChI=1S/C25H33N7O2S/c1-2-20-21(3-1)35-24-22(20)23(27-16-4-6-18(7-5-16)31-8-10-33-11-9-31)29-25(30-24)28-17-12-26-32(13-17)19-14-34-15-19/h12-13,16,18-19H,1-11,14-15H2,(H2,27,28,29,30). The quantitative estimate of drug-likeness (QED) is 0.535. The molecule has 0 unspecified atom stereocenters. The number of hydrogen-bond acceptors (Lipinski definition) is 9. The van der Waals surface area contributed by atoms with Crippen LogP contribution in [0.15, 0.2) is 12.4 Å². The van der Waals surface area contributed by atoms with E-state index in [1.807, 2.05) is 28.4 Å². The second kappa shape index (κ2) is 9.31. The van der Waals surface area contributed by atoms with Crippen molar-refractivity contribution in [2.45, 2.75) is 63.1 Å². The van der Waals surface area contributed by atoms with Crippen LogP contribution in [0.2, 0.25) is 0 Å². The molecule has 3 aromatic rings. The number of anilines is 3. The van der Waals surface area contributed by atoms with Gasteiger partial charge >= 0.3 is 0 Å². The molecule has 4 aliphatic rings. The summed E-state index contributed by atoms with van der Waals surface area (Å²) in [4.78, 5) is 15.2. The van der Waals surface area contributed by atoms with Gasteiger partial charge in [-0.3, -0.25) is 9.58 Å². The summed E-state index contributed by atoms with van der Waals surface area (Å²) >= 11 is 1.84. The molecule has 9 nitrogen and oxygen atoms in total. The smallest absolute Gasteiger partial charge is 0.230 e. The van der Waals surface area contributed by atoms with Crippen LogP contribution in [0.3, 0.4) is 0 Å². The molecular weight excluding hydrogens is 462 g/mol. The second-order valence-electron chi connectivity index (χ2n) is 10.3. The number of rotatable bonds is 6. The summed E-state index contributed by atoms with van der Waals surface area (Å²) < 4.78 is 12.8. The lowest BCUT2D eigenvalue weighted by atomic mass is 9.90. The number of thiophene rings is 1. The maximum atomic E-state index is 5.55. The van der Waals surface area contributed by atoms with Gasteiger partial charge in [-0.05, 0) is 50.5 Å². The average molecular weight is 496 g/mol. The van der Waals surface area contributed by atoms with E-state index in [9.17, 15) is 0 Å². The molecule has 3 fully saturated rings. The van der Waals surface area contributed by atoms with Crippen molar-refractivity contribution in [1.82, 2.24) is 24.6 Å². The largest absolute Gasteiger partial charge is 0.379 e. The van der Waals surface area contributed by atoms with Crippen LogP contribution in [0, 0.1) is 0 Å². The number of morpholine rings is 1. The Morgan fingerprint density at radius 2 is 1.83 bits per heavy atom. The minimum atomic E-state index is 0.332. The highest BCUT2D eigenvalue weighted by Crippen LogP contribution is 2.41. The highest BCUT2D eigenvalue weighted by atomic mass is 32.1. The fourth-order valence-electron chi connectivity index (χ4n) is 5.98. The summed E-state index contributed by atoms with van der Waals surface area (Å²) in [5, 5.41) is 13.0. The van der Waals surface area contributed by atoms with Crippen LogP contribution in [0.4, 0.5) is 17.5 Å². The van der Waals surface area contributed by atoms with Crippen molar-refractivity contribution in [2.75, 3.05) is 50.2 Å². The molecule has 0 radical (unpaired) electrons. The van der Waals surface area contributed by atoms with Gasteiger partial charge in [0.05, 0.1) is 49.7 Å². The lowest BCUT2D eigenvalue weighted by Gasteiger charge is -2.39. The predicted molar refractivity (Wildman–Crippen MR) is 137 cm³/mol. The number of aryl methyl sites for hydroxylation is 2. The zero-order valence-electron chi connectivity index (χ0n) is 20.0. The van der Waals surface area contributed by atoms with Gasteiger partial charge < -0.3 is 20.1 Å². The minimum Gasteiger partial charge on any atom is -0.379 e. The Balaban J connectivity index is 1.11. The maximum absolute atomic E-state index is 5.55. The van der Waals surface area contributed by atoms with Crippen molar-refractivity contribution in [2.24, 2.45) is 0 Å². The number of ether oxygens (including phenoxy) is 2. The molecule has 2 aliphatic carbocycles. The number of aromatic nitrogens is 4. The molecule has 3 aromatic heterocycles. The van der Waals surface area contributed by atoms with Crippen molar-refractivity contribution in [3.05, 3.63) is 22.8 Å². The average Bonchev–Trinajstić information content (AvgIpc) is 3.56. The monoisotopic (exact) mass is 495 g/mol. The van der Waals surface area contributed by atoms with Gasteiger partial charge in [-0.2, -0.15) is 10.1 Å². The Hall–Kier alpha value is -2.27. The van der Waals surface area contributed by atoms with Gasteiger partial charge in [0, 0.05) is 36.2 Å². The van der Waals surface area contributed by atoms with Crippen molar-refractivity contribution in [1.29, 1.82) is 0 Å². The number of nitrogens with zero attached hydrogens (tertiary/aromatic N) is 5. The molecule has 0 atom stereocenters. The third-order valence-corrected chi connectivity index (χ3v) is 9.20. The topological polar surface area (TPSA) is 89.4 Å². The molecule has 10 heteroatoms. The Labute approximate surface area is 209 Å². The summed E-state index contributed by atoms with van der Waals surface area (Å²) in [6.45, 7) is 5.37. The first-order chi connectivity index (χ1) is 17.3. The zero-order valence-corrected chi connectivity index (χ0v) is 20.9. The Bertz CT molecular complexity index is 1190. The fraction of sp³-hybridized carbons (Fsp3) is 0.640. The summed E-state index contributed by atoms with van der Waals surface area (Å²) in [5.74, 6) is 1.65. The fourth-order valence-corrected chi connectivity index (χ4v) is 7.25. The van der Waals surface area contributed by atoms with E-state index < -0.39 is 0 Å². The van der Waals surface area contributed by atoms with Crippen molar-refractivity contribution in [3.63, 3.8) is 0 Å².